The Hall–Kier alpha value is -6.31. The number of Topliss-reactive ketones (excluding diaryl/α,β-unsaturated/α-hetero) is 1. The van der Waals surface area contributed by atoms with E-state index in [4.69, 9.17) is 28.7 Å². The molecule has 18 heteroatoms. The number of benzene rings is 5. The normalized spacial score (nSPS) is 17.8. The number of hydrogen-bond donors (Lipinski definition) is 0. The summed E-state index contributed by atoms with van der Waals surface area (Å²) in [6.07, 6.45) is 10.0. The van der Waals surface area contributed by atoms with Crippen LogP contribution < -0.4 is 28.9 Å². The first-order chi connectivity index (χ1) is 40.7. The van der Waals surface area contributed by atoms with E-state index in [0.717, 1.165) is 94.0 Å². The maximum Gasteiger partial charge on any atom is 0.261 e. The van der Waals surface area contributed by atoms with Crippen molar-refractivity contribution in [3.63, 3.8) is 0 Å². The highest BCUT2D eigenvalue weighted by Gasteiger charge is 2.40. The molecule has 0 spiro atoms. The number of rotatable bonds is 29. The van der Waals surface area contributed by atoms with E-state index in [-0.39, 0.29) is 71.1 Å². The van der Waals surface area contributed by atoms with Gasteiger partial charge in [-0.3, -0.25) is 38.8 Å². The molecule has 0 N–H and O–H groups in total. The number of ether oxygens (including phenoxy) is 5. The second-order valence-corrected chi connectivity index (χ2v) is 27.0. The Morgan fingerprint density at radius 1 is 0.750 bits per heavy atom. The van der Waals surface area contributed by atoms with Crippen LogP contribution in [0.1, 0.15) is 120 Å². The fourth-order valence-electron chi connectivity index (χ4n) is 11.9. The summed E-state index contributed by atoms with van der Waals surface area (Å²) >= 11 is 1.40. The SMILES string of the molecule is CCCOCCOCCN(CC(C)(C)SSCCCC(=O)CCCN1C(=O)CC(SC)C1=O)c1cc(COc2cc3c(cc2C)C(=O)N2c4ccccc4C[C@H]2CC3)cc(COc2cc3c(cc2OC)C(=O)N2c4ccccc4C[C@H]2C=N3)c1. The number of nitrogens with zero attached hydrogens (tertiary/aromatic N) is 5. The summed E-state index contributed by atoms with van der Waals surface area (Å²) in [5, 5.41) is -0.314. The number of methoxy groups -OCH3 is 1. The van der Waals surface area contributed by atoms with Gasteiger partial charge in [0.15, 0.2) is 11.5 Å². The quantitative estimate of drug-likeness (QED) is 0.0253. The van der Waals surface area contributed by atoms with Gasteiger partial charge in [-0.25, -0.2) is 0 Å². The molecule has 1 fully saturated rings. The monoisotopic (exact) mass is 1200 g/mol. The Kier molecular flexibility index (Phi) is 20.1. The molecule has 5 heterocycles. The van der Waals surface area contributed by atoms with Gasteiger partial charge >= 0.3 is 0 Å². The van der Waals surface area contributed by atoms with Gasteiger partial charge in [0.1, 0.15) is 24.7 Å². The molecule has 5 aliphatic rings. The topological polar surface area (TPSA) is 157 Å². The lowest BCUT2D eigenvalue weighted by Gasteiger charge is -2.34. The molecule has 4 amide bonds. The van der Waals surface area contributed by atoms with Gasteiger partial charge in [-0.1, -0.05) is 64.9 Å². The third-order valence-corrected chi connectivity index (χ3v) is 20.4. The molecule has 84 heavy (non-hydrogen) atoms. The number of thioether (sulfide) groups is 1. The summed E-state index contributed by atoms with van der Waals surface area (Å²) in [6, 6.07) is 30.1. The molecule has 10 rings (SSSR count). The van der Waals surface area contributed by atoms with Gasteiger partial charge in [0.05, 0.1) is 49.5 Å². The zero-order valence-corrected chi connectivity index (χ0v) is 51.6. The fourth-order valence-corrected chi connectivity index (χ4v) is 15.1. The minimum absolute atomic E-state index is 0.0382. The molecule has 5 aliphatic heterocycles. The predicted octanol–water partition coefficient (Wildman–Crippen LogP) is 12.0. The van der Waals surface area contributed by atoms with E-state index >= 15 is 0 Å². The zero-order chi connectivity index (χ0) is 58.9. The first kappa shape index (κ1) is 60.8. The van der Waals surface area contributed by atoms with Gasteiger partial charge in [-0.2, -0.15) is 11.8 Å². The number of anilines is 3. The lowest BCUT2D eigenvalue weighted by Crippen LogP contribution is -2.38. The van der Waals surface area contributed by atoms with Crippen LogP contribution in [0.3, 0.4) is 0 Å². The number of para-hydroxylation sites is 2. The number of aryl methyl sites for hydroxylation is 2. The highest BCUT2D eigenvalue weighted by atomic mass is 33.1. The minimum atomic E-state index is -0.314. The van der Waals surface area contributed by atoms with Crippen LogP contribution in [0.15, 0.2) is 96.0 Å². The molecule has 0 aliphatic carbocycles. The van der Waals surface area contributed by atoms with Crippen molar-refractivity contribution in [2.24, 2.45) is 4.99 Å². The van der Waals surface area contributed by atoms with E-state index in [1.807, 2.05) is 65.6 Å². The van der Waals surface area contributed by atoms with Gasteiger partial charge in [0, 0.05) is 103 Å². The van der Waals surface area contributed by atoms with Crippen LogP contribution in [0.4, 0.5) is 22.7 Å². The summed E-state index contributed by atoms with van der Waals surface area (Å²) in [5.41, 5.74) is 10.5. The predicted molar refractivity (Wildman–Crippen MR) is 338 cm³/mol. The van der Waals surface area contributed by atoms with Gasteiger partial charge in [0.2, 0.25) is 11.8 Å². The van der Waals surface area contributed by atoms with E-state index < -0.39 is 0 Å². The fraction of sp³-hybridized carbons (Fsp3) is 0.455. The molecule has 444 valence electrons. The molecule has 3 atom stereocenters. The number of carbonyl (C=O) groups is 5. The van der Waals surface area contributed by atoms with Gasteiger partial charge in [0.25, 0.3) is 11.8 Å². The second-order valence-electron chi connectivity index (χ2n) is 22.8. The van der Waals surface area contributed by atoms with Crippen molar-refractivity contribution in [2.75, 3.05) is 79.9 Å². The average molecular weight is 1200 g/mol. The molecule has 5 aromatic carbocycles. The molecule has 1 saturated heterocycles. The van der Waals surface area contributed by atoms with Crippen molar-refractivity contribution >= 4 is 91.7 Å². The maximum absolute atomic E-state index is 14.3. The number of imide groups is 1. The molecular formula is C66H77N5O10S3. The Balaban J connectivity index is 0.871. The van der Waals surface area contributed by atoms with Crippen molar-refractivity contribution < 1.29 is 47.7 Å². The lowest BCUT2D eigenvalue weighted by molar-refractivity contribution is -0.138. The van der Waals surface area contributed by atoms with E-state index in [9.17, 15) is 24.0 Å². The summed E-state index contributed by atoms with van der Waals surface area (Å²) in [7, 11) is 5.12. The van der Waals surface area contributed by atoms with Crippen LogP contribution in [-0.4, -0.2) is 128 Å². The number of hydrogen-bond acceptors (Lipinski definition) is 15. The highest BCUT2D eigenvalue weighted by molar-refractivity contribution is 8.77. The van der Waals surface area contributed by atoms with Crippen molar-refractivity contribution in [2.45, 2.75) is 127 Å². The van der Waals surface area contributed by atoms with E-state index in [1.54, 1.807) is 40.8 Å². The standard InChI is InChI=1S/C66H77N5O10S3/c1-7-24-78-26-27-79-25-23-68(42-66(3,4)84-83-28-13-17-52(72)16-12-22-69-62(73)38-61(82-6)65(69)76)50-31-44(40-80-58-35-46-20-21-49-33-47-14-8-10-18-56(47)70(49)63(74)53(46)29-43(58)2)30-45(32-50)41-81-60-37-55-54(36-59(60)77-5)64(75)71-51(39-67-55)34-48-15-9-11-19-57(48)71/h8-11,14-15,18-19,29-32,35-37,39,49,51,61H,7,12-13,16-17,20-28,33-34,38,40-42H2,1-6H3/t49-,51+,61?/m1/s1. The molecule has 0 bridgehead atoms. The van der Waals surface area contributed by atoms with Crippen LogP contribution >= 0.6 is 33.3 Å². The Morgan fingerprint density at radius 2 is 1.44 bits per heavy atom. The lowest BCUT2D eigenvalue weighted by atomic mass is 9.98. The van der Waals surface area contributed by atoms with Gasteiger partial charge < -0.3 is 33.5 Å². The third-order valence-electron chi connectivity index (χ3n) is 16.1. The van der Waals surface area contributed by atoms with Crippen molar-refractivity contribution in [1.82, 2.24) is 4.90 Å². The molecule has 0 aromatic heterocycles. The largest absolute Gasteiger partial charge is 0.493 e. The molecule has 0 radical (unpaired) electrons. The number of likely N-dealkylation sites (tertiary alicyclic amines) is 1. The highest BCUT2D eigenvalue weighted by Crippen LogP contribution is 2.43. The van der Waals surface area contributed by atoms with Crippen LogP contribution in [-0.2, 0) is 56.3 Å². The van der Waals surface area contributed by atoms with Crippen LogP contribution in [0.2, 0.25) is 0 Å². The molecule has 1 unspecified atom stereocenters. The second kappa shape index (κ2) is 27.8. The Morgan fingerprint density at radius 3 is 2.17 bits per heavy atom. The number of amides is 4. The third kappa shape index (κ3) is 14.2. The van der Waals surface area contributed by atoms with E-state index in [2.05, 4.69) is 68.1 Å². The number of aliphatic imine (C=N–C) groups is 1. The molecular weight excluding hydrogens is 1120 g/mol. The van der Waals surface area contributed by atoms with Crippen molar-refractivity contribution in [3.8, 4) is 17.2 Å². The number of fused-ring (bicyclic) bond motifs is 8. The summed E-state index contributed by atoms with van der Waals surface area (Å²) in [4.78, 5) is 78.8. The van der Waals surface area contributed by atoms with E-state index in [1.165, 1.54) is 22.2 Å². The summed E-state index contributed by atoms with van der Waals surface area (Å²) in [6.45, 7) is 12.6. The van der Waals surface area contributed by atoms with Gasteiger partial charge in [-0.05, 0) is 147 Å². The first-order valence-corrected chi connectivity index (χ1v) is 33.0. The zero-order valence-electron chi connectivity index (χ0n) is 49.2. The molecule has 0 saturated carbocycles. The summed E-state index contributed by atoms with van der Waals surface area (Å²) in [5.74, 6) is 2.14. The number of carbonyl (C=O) groups excluding carboxylic acids is 5. The minimum Gasteiger partial charge on any atom is -0.493 e. The first-order valence-electron chi connectivity index (χ1n) is 29.4. The van der Waals surface area contributed by atoms with Gasteiger partial charge in [-0.15, -0.1) is 0 Å². The van der Waals surface area contributed by atoms with Crippen molar-refractivity contribution in [1.29, 1.82) is 0 Å². The molecule has 5 aromatic rings. The average Bonchev–Trinajstić information content (AvgIpc) is 2.54. The number of ketones is 1. The summed E-state index contributed by atoms with van der Waals surface area (Å²) < 4.78 is 31.1. The smallest absolute Gasteiger partial charge is 0.261 e. The van der Waals surface area contributed by atoms with Crippen molar-refractivity contribution in [3.05, 3.63) is 136 Å². The van der Waals surface area contributed by atoms with Crippen LogP contribution in [0.5, 0.6) is 17.2 Å². The molecule has 15 nitrogen and oxygen atoms in total. The Labute approximate surface area is 506 Å². The van der Waals surface area contributed by atoms with Crippen LogP contribution in [0, 0.1) is 6.92 Å². The van der Waals surface area contributed by atoms with Crippen LogP contribution in [0.25, 0.3) is 0 Å². The maximum atomic E-state index is 14.3. The Bertz CT molecular complexity index is 3280. The van der Waals surface area contributed by atoms with E-state index in [0.29, 0.717) is 94.5 Å².